The molecule has 200 valence electrons. The number of aromatic amines is 1. The van der Waals surface area contributed by atoms with Crippen molar-refractivity contribution < 1.29 is 22.1 Å². The molecule has 2 N–H and O–H groups in total. The van der Waals surface area contributed by atoms with Gasteiger partial charge in [0.25, 0.3) is 5.91 Å². The van der Waals surface area contributed by atoms with Gasteiger partial charge in [-0.3, -0.25) is 9.69 Å². The van der Waals surface area contributed by atoms with Crippen LogP contribution in [0.3, 0.4) is 0 Å². The first-order chi connectivity index (χ1) is 17.9. The highest BCUT2D eigenvalue weighted by molar-refractivity contribution is 7.87. The number of methoxy groups -OCH3 is 1. The van der Waals surface area contributed by atoms with E-state index in [4.69, 9.17) is 8.92 Å². The van der Waals surface area contributed by atoms with Crippen LogP contribution in [0.4, 0.5) is 0 Å². The van der Waals surface area contributed by atoms with Gasteiger partial charge in [-0.15, -0.1) is 12.4 Å². The van der Waals surface area contributed by atoms with Crippen molar-refractivity contribution in [1.82, 2.24) is 15.2 Å². The van der Waals surface area contributed by atoms with E-state index < -0.39 is 10.1 Å². The summed E-state index contributed by atoms with van der Waals surface area (Å²) < 4.78 is 36.9. The smallest absolute Gasteiger partial charge is 0.340 e. The number of aromatic nitrogens is 1. The maximum absolute atomic E-state index is 12.9. The third kappa shape index (κ3) is 4.89. The molecule has 6 rings (SSSR count). The van der Waals surface area contributed by atoms with Gasteiger partial charge in [-0.1, -0.05) is 12.5 Å². The Bertz CT molecular complexity index is 1590. The predicted octanol–water partition coefficient (Wildman–Crippen LogP) is 5.32. The van der Waals surface area contributed by atoms with Crippen molar-refractivity contribution in [3.63, 3.8) is 0 Å². The summed E-state index contributed by atoms with van der Waals surface area (Å²) in [6, 6.07) is 11.6. The summed E-state index contributed by atoms with van der Waals surface area (Å²) in [4.78, 5) is 18.9. The van der Waals surface area contributed by atoms with Gasteiger partial charge in [-0.2, -0.15) is 19.8 Å². The first-order valence-corrected chi connectivity index (χ1v) is 14.6. The molecule has 0 spiro atoms. The van der Waals surface area contributed by atoms with Crippen LogP contribution >= 0.6 is 23.7 Å². The molecule has 0 bridgehead atoms. The van der Waals surface area contributed by atoms with Crippen molar-refractivity contribution in [2.45, 2.75) is 37.2 Å². The highest BCUT2D eigenvalue weighted by Gasteiger charge is 2.33. The standard InChI is InChI=1S/C27H27N3O5S2.ClH/c1-34-24-13-20(23-12-18-11-17(5-6-22(18)29-23)15-30-8-3-2-4-9-30)25-21(14-28-27(25)31)26(24)35-37(32,33)19-7-10-36-16-19;/h5-7,10-13,16,29H,2-4,8-9,14-15H2,1H3,(H,28,31);1H. The molecular weight excluding hydrogens is 546 g/mol. The van der Waals surface area contributed by atoms with E-state index in [0.29, 0.717) is 16.7 Å². The molecule has 4 aromatic rings. The molecule has 4 heterocycles. The van der Waals surface area contributed by atoms with Crippen LogP contribution in [-0.2, 0) is 23.2 Å². The molecule has 2 aliphatic heterocycles. The molecule has 0 radical (unpaired) electrons. The number of amides is 1. The Morgan fingerprint density at radius 3 is 2.63 bits per heavy atom. The average molecular weight is 574 g/mol. The first-order valence-electron chi connectivity index (χ1n) is 12.3. The molecule has 0 aliphatic carbocycles. The summed E-state index contributed by atoms with van der Waals surface area (Å²) >= 11 is 1.26. The van der Waals surface area contributed by atoms with Gasteiger partial charge < -0.3 is 19.2 Å². The molecule has 1 saturated heterocycles. The fourth-order valence-electron chi connectivity index (χ4n) is 5.19. The zero-order chi connectivity index (χ0) is 25.6. The van der Waals surface area contributed by atoms with Crippen LogP contribution in [0.5, 0.6) is 11.5 Å². The lowest BCUT2D eigenvalue weighted by Crippen LogP contribution is -2.28. The van der Waals surface area contributed by atoms with Crippen LogP contribution in [0, 0.1) is 0 Å². The number of H-pyrrole nitrogens is 1. The Kier molecular flexibility index (Phi) is 7.41. The van der Waals surface area contributed by atoms with Crippen LogP contribution in [0.1, 0.15) is 40.7 Å². The van der Waals surface area contributed by atoms with Gasteiger partial charge in [-0.25, -0.2) is 0 Å². The summed E-state index contributed by atoms with van der Waals surface area (Å²) in [6.07, 6.45) is 3.81. The minimum Gasteiger partial charge on any atom is -0.493 e. The molecule has 1 fully saturated rings. The van der Waals surface area contributed by atoms with Crippen molar-refractivity contribution in [1.29, 1.82) is 0 Å². The second kappa shape index (κ2) is 10.6. The van der Waals surface area contributed by atoms with E-state index in [2.05, 4.69) is 33.4 Å². The van der Waals surface area contributed by atoms with Gasteiger partial charge in [-0.05, 0) is 67.2 Å². The van der Waals surface area contributed by atoms with Crippen molar-refractivity contribution >= 4 is 50.7 Å². The Morgan fingerprint density at radius 1 is 1.08 bits per heavy atom. The number of piperidine rings is 1. The number of nitrogens with zero attached hydrogens (tertiary/aromatic N) is 1. The van der Waals surface area contributed by atoms with Crippen LogP contribution in [0.15, 0.2) is 52.1 Å². The molecule has 38 heavy (non-hydrogen) atoms. The zero-order valence-corrected chi connectivity index (χ0v) is 23.2. The number of carbonyl (C=O) groups excluding carboxylic acids is 1. The van der Waals surface area contributed by atoms with Gasteiger partial charge >= 0.3 is 10.1 Å². The summed E-state index contributed by atoms with van der Waals surface area (Å²) in [6.45, 7) is 3.34. The van der Waals surface area contributed by atoms with Crippen LogP contribution < -0.4 is 14.2 Å². The molecule has 0 atom stereocenters. The third-order valence-electron chi connectivity index (χ3n) is 7.02. The normalized spacial score (nSPS) is 15.7. The zero-order valence-electron chi connectivity index (χ0n) is 20.8. The average Bonchev–Trinajstić information content (AvgIpc) is 3.65. The van der Waals surface area contributed by atoms with E-state index in [1.165, 1.54) is 54.7 Å². The lowest BCUT2D eigenvalue weighted by atomic mass is 9.98. The topological polar surface area (TPSA) is 101 Å². The SMILES string of the molecule is COc1cc(-c2cc3cc(CN4CCCCC4)ccc3[nH]2)c2c(c1OS(=O)(=O)c1ccsc1)CNC2=O.Cl. The van der Waals surface area contributed by atoms with Crippen LogP contribution in [0.2, 0.25) is 0 Å². The van der Waals surface area contributed by atoms with Crippen molar-refractivity contribution in [3.05, 3.63) is 63.8 Å². The Hall–Kier alpha value is -3.05. The minimum absolute atomic E-state index is 0. The van der Waals surface area contributed by atoms with E-state index in [1.807, 2.05) is 6.07 Å². The highest BCUT2D eigenvalue weighted by atomic mass is 35.5. The summed E-state index contributed by atoms with van der Waals surface area (Å²) in [5, 5.41) is 7.03. The Labute approximate surface area is 231 Å². The predicted molar refractivity (Wildman–Crippen MR) is 150 cm³/mol. The minimum atomic E-state index is -4.08. The number of benzene rings is 2. The van der Waals surface area contributed by atoms with Gasteiger partial charge in [0.1, 0.15) is 4.90 Å². The van der Waals surface area contributed by atoms with Crippen LogP contribution in [0.25, 0.3) is 22.2 Å². The number of rotatable bonds is 7. The van der Waals surface area contributed by atoms with Crippen molar-refractivity contribution in [3.8, 4) is 22.8 Å². The van der Waals surface area contributed by atoms with Gasteiger partial charge in [0.15, 0.2) is 11.5 Å². The lowest BCUT2D eigenvalue weighted by Gasteiger charge is -2.26. The molecule has 0 unspecified atom stereocenters. The second-order valence-corrected chi connectivity index (χ2v) is 11.8. The molecule has 8 nitrogen and oxygen atoms in total. The molecule has 11 heteroatoms. The maximum atomic E-state index is 12.9. The van der Waals surface area contributed by atoms with E-state index in [-0.39, 0.29) is 41.3 Å². The number of halogens is 1. The van der Waals surface area contributed by atoms with E-state index in [9.17, 15) is 13.2 Å². The fourth-order valence-corrected chi connectivity index (χ4v) is 7.16. The molecule has 2 aromatic carbocycles. The maximum Gasteiger partial charge on any atom is 0.340 e. The number of likely N-dealkylation sites (tertiary alicyclic amines) is 1. The molecular formula is C27H28ClN3O5S2. The molecule has 2 aromatic heterocycles. The van der Waals surface area contributed by atoms with E-state index in [0.717, 1.165) is 36.2 Å². The Morgan fingerprint density at radius 2 is 1.89 bits per heavy atom. The Balaban J connectivity index is 0.00000294. The van der Waals surface area contributed by atoms with Gasteiger partial charge in [0.05, 0.1) is 12.7 Å². The number of ether oxygens (including phenoxy) is 1. The third-order valence-corrected chi connectivity index (χ3v) is 9.07. The van der Waals surface area contributed by atoms with Gasteiger partial charge in [0.2, 0.25) is 0 Å². The monoisotopic (exact) mass is 573 g/mol. The molecule has 2 aliphatic rings. The fraction of sp³-hybridized carbons (Fsp3) is 0.296. The van der Waals surface area contributed by atoms with Crippen LogP contribution in [-0.4, -0.2) is 44.4 Å². The highest BCUT2D eigenvalue weighted by Crippen LogP contribution is 2.43. The summed E-state index contributed by atoms with van der Waals surface area (Å²) in [7, 11) is -2.62. The van der Waals surface area contributed by atoms with E-state index >= 15 is 0 Å². The number of hydrogen-bond acceptors (Lipinski definition) is 7. The number of thiophene rings is 1. The van der Waals surface area contributed by atoms with Crippen molar-refractivity contribution in [2.24, 2.45) is 0 Å². The molecule has 0 saturated carbocycles. The summed E-state index contributed by atoms with van der Waals surface area (Å²) in [5.74, 6) is -0.00546. The number of hydrogen-bond donors (Lipinski definition) is 2. The second-order valence-electron chi connectivity index (χ2n) is 9.43. The number of fused-ring (bicyclic) bond motifs is 2. The molecule has 1 amide bonds. The lowest BCUT2D eigenvalue weighted by molar-refractivity contribution is 0.0966. The van der Waals surface area contributed by atoms with E-state index in [1.54, 1.807) is 11.4 Å². The quantitative estimate of drug-likeness (QED) is 0.290. The largest absolute Gasteiger partial charge is 0.493 e. The summed E-state index contributed by atoms with van der Waals surface area (Å²) in [5.41, 5.74) is 4.45. The first kappa shape index (κ1) is 26.6. The number of nitrogens with one attached hydrogen (secondary N) is 2. The van der Waals surface area contributed by atoms with Crippen molar-refractivity contribution in [2.75, 3.05) is 20.2 Å². The number of carbonyl (C=O) groups is 1. The van der Waals surface area contributed by atoms with Gasteiger partial charge in [0, 0.05) is 46.2 Å².